The van der Waals surface area contributed by atoms with Crippen molar-refractivity contribution in [3.8, 4) is 0 Å². The zero-order valence-corrected chi connectivity index (χ0v) is 17.7. The molecule has 0 bridgehead atoms. The van der Waals surface area contributed by atoms with E-state index in [9.17, 15) is 4.79 Å². The SMILES string of the molecule is O=C(OCC(Cl)(Cl)Cl)N1CCc2c([nH]c3ccccc23)C1C/C=C\CBr. The number of hydrogen-bond donors (Lipinski definition) is 1. The fourth-order valence-corrected chi connectivity index (χ4v) is 3.72. The van der Waals surface area contributed by atoms with Crippen molar-refractivity contribution in [2.75, 3.05) is 18.5 Å². The zero-order chi connectivity index (χ0) is 18.7. The van der Waals surface area contributed by atoms with Gasteiger partial charge in [0, 0.05) is 28.5 Å². The number of fused-ring (bicyclic) bond motifs is 3. The number of rotatable bonds is 4. The van der Waals surface area contributed by atoms with Crippen LogP contribution in [-0.4, -0.2) is 38.3 Å². The molecule has 8 heteroatoms. The Morgan fingerprint density at radius 2 is 2.12 bits per heavy atom. The number of halogens is 4. The quantitative estimate of drug-likeness (QED) is 0.436. The molecule has 0 saturated carbocycles. The van der Waals surface area contributed by atoms with Gasteiger partial charge in [-0.25, -0.2) is 4.79 Å². The molecule has 0 radical (unpaired) electrons. The summed E-state index contributed by atoms with van der Waals surface area (Å²) in [4.78, 5) is 17.8. The number of hydrogen-bond acceptors (Lipinski definition) is 2. The molecule has 1 aliphatic heterocycles. The fraction of sp³-hybridized carbons (Fsp3) is 0.389. The van der Waals surface area contributed by atoms with E-state index in [1.807, 2.05) is 24.3 Å². The summed E-state index contributed by atoms with van der Waals surface area (Å²) in [5.41, 5.74) is 3.37. The number of alkyl halides is 4. The third-order valence-electron chi connectivity index (χ3n) is 4.37. The number of ether oxygens (including phenoxy) is 1. The predicted molar refractivity (Wildman–Crippen MR) is 111 cm³/mol. The summed E-state index contributed by atoms with van der Waals surface area (Å²) >= 11 is 20.5. The smallest absolute Gasteiger partial charge is 0.410 e. The average molecular weight is 481 g/mol. The number of amides is 1. The molecule has 1 atom stereocenters. The maximum atomic E-state index is 12.6. The van der Waals surface area contributed by atoms with Gasteiger partial charge in [0.25, 0.3) is 0 Å². The van der Waals surface area contributed by atoms with Crippen LogP contribution in [0.3, 0.4) is 0 Å². The minimum atomic E-state index is -1.62. The normalized spacial score (nSPS) is 17.7. The van der Waals surface area contributed by atoms with E-state index in [1.54, 1.807) is 4.90 Å². The molecule has 2 aromatic rings. The van der Waals surface area contributed by atoms with Crippen molar-refractivity contribution in [2.24, 2.45) is 0 Å². The van der Waals surface area contributed by atoms with Gasteiger partial charge in [-0.3, -0.25) is 4.90 Å². The number of carbonyl (C=O) groups is 1. The van der Waals surface area contributed by atoms with E-state index < -0.39 is 9.89 Å². The van der Waals surface area contributed by atoms with E-state index in [0.29, 0.717) is 13.0 Å². The van der Waals surface area contributed by atoms with Gasteiger partial charge in [-0.05, 0) is 24.5 Å². The highest BCUT2D eigenvalue weighted by Crippen LogP contribution is 2.37. The Balaban J connectivity index is 1.90. The van der Waals surface area contributed by atoms with Crippen molar-refractivity contribution >= 4 is 67.7 Å². The van der Waals surface area contributed by atoms with Gasteiger partial charge < -0.3 is 9.72 Å². The van der Waals surface area contributed by atoms with Crippen molar-refractivity contribution in [1.82, 2.24) is 9.88 Å². The monoisotopic (exact) mass is 478 g/mol. The van der Waals surface area contributed by atoms with Crippen LogP contribution in [0.5, 0.6) is 0 Å². The predicted octanol–water partition coefficient (Wildman–Crippen LogP) is 5.92. The Kier molecular flexibility index (Phi) is 6.44. The number of aromatic nitrogens is 1. The van der Waals surface area contributed by atoms with Crippen LogP contribution >= 0.6 is 50.7 Å². The van der Waals surface area contributed by atoms with Crippen LogP contribution in [0, 0.1) is 0 Å². The first kappa shape index (κ1) is 19.9. The number of H-pyrrole nitrogens is 1. The topological polar surface area (TPSA) is 45.3 Å². The summed E-state index contributed by atoms with van der Waals surface area (Å²) in [5.74, 6) is 0. The number of para-hydroxylation sites is 1. The second-order valence-corrected chi connectivity index (χ2v) is 9.22. The van der Waals surface area contributed by atoms with Gasteiger partial charge in [0.2, 0.25) is 3.79 Å². The summed E-state index contributed by atoms with van der Waals surface area (Å²) in [6.07, 6.45) is 5.02. The summed E-state index contributed by atoms with van der Waals surface area (Å²) in [6, 6.07) is 8.02. The summed E-state index contributed by atoms with van der Waals surface area (Å²) < 4.78 is 3.59. The molecule has 1 unspecified atom stereocenters. The minimum absolute atomic E-state index is 0.149. The fourth-order valence-electron chi connectivity index (χ4n) is 3.30. The van der Waals surface area contributed by atoms with Crippen LogP contribution in [0.25, 0.3) is 10.9 Å². The number of benzene rings is 1. The highest BCUT2D eigenvalue weighted by Gasteiger charge is 2.34. The third-order valence-corrected chi connectivity index (χ3v) is 5.07. The van der Waals surface area contributed by atoms with E-state index in [0.717, 1.165) is 23.0 Å². The molecule has 0 aliphatic carbocycles. The Morgan fingerprint density at radius 1 is 1.35 bits per heavy atom. The lowest BCUT2D eigenvalue weighted by atomic mass is 9.95. The number of nitrogens with zero attached hydrogens (tertiary/aromatic N) is 1. The molecule has 1 aliphatic rings. The molecule has 26 heavy (non-hydrogen) atoms. The van der Waals surface area contributed by atoms with Crippen molar-refractivity contribution in [1.29, 1.82) is 0 Å². The van der Waals surface area contributed by atoms with Gasteiger partial charge in [-0.2, -0.15) is 0 Å². The molecule has 4 nitrogen and oxygen atoms in total. The lowest BCUT2D eigenvalue weighted by Gasteiger charge is -2.35. The number of nitrogens with one attached hydrogen (secondary N) is 1. The van der Waals surface area contributed by atoms with Crippen molar-refractivity contribution in [3.63, 3.8) is 0 Å². The van der Waals surface area contributed by atoms with Crippen LogP contribution in [0.2, 0.25) is 0 Å². The van der Waals surface area contributed by atoms with Crippen LogP contribution in [0.4, 0.5) is 4.79 Å². The van der Waals surface area contributed by atoms with Gasteiger partial charge in [-0.15, -0.1) is 0 Å². The van der Waals surface area contributed by atoms with Gasteiger partial charge >= 0.3 is 6.09 Å². The zero-order valence-electron chi connectivity index (χ0n) is 13.9. The molecule has 0 spiro atoms. The lowest BCUT2D eigenvalue weighted by Crippen LogP contribution is -2.41. The second-order valence-electron chi connectivity index (χ2n) is 6.05. The van der Waals surface area contributed by atoms with Gasteiger partial charge in [0.05, 0.1) is 6.04 Å². The molecule has 3 rings (SSSR count). The Labute approximate surface area is 175 Å². The molecule has 140 valence electrons. The van der Waals surface area contributed by atoms with Crippen molar-refractivity contribution in [2.45, 2.75) is 22.7 Å². The van der Waals surface area contributed by atoms with E-state index in [4.69, 9.17) is 39.5 Å². The first-order chi connectivity index (χ1) is 12.4. The van der Waals surface area contributed by atoms with Crippen molar-refractivity contribution in [3.05, 3.63) is 47.7 Å². The first-order valence-corrected chi connectivity index (χ1v) is 10.5. The summed E-state index contributed by atoms with van der Waals surface area (Å²) in [5, 5.41) is 1.96. The lowest BCUT2D eigenvalue weighted by molar-refractivity contribution is 0.0836. The van der Waals surface area contributed by atoms with Gasteiger partial charge in [-0.1, -0.05) is 81.1 Å². The minimum Gasteiger partial charge on any atom is -0.445 e. The molecule has 1 amide bonds. The number of aromatic amines is 1. The third kappa shape index (κ3) is 4.50. The molecule has 1 N–H and O–H groups in total. The Morgan fingerprint density at radius 3 is 2.85 bits per heavy atom. The molecule has 0 saturated heterocycles. The van der Waals surface area contributed by atoms with E-state index in [1.165, 1.54) is 10.9 Å². The molecular weight excluding hydrogens is 462 g/mol. The van der Waals surface area contributed by atoms with E-state index >= 15 is 0 Å². The van der Waals surface area contributed by atoms with Crippen LogP contribution < -0.4 is 0 Å². The molecule has 1 aromatic carbocycles. The second kappa shape index (κ2) is 8.42. The maximum Gasteiger partial charge on any atom is 0.410 e. The maximum absolute atomic E-state index is 12.6. The summed E-state index contributed by atoms with van der Waals surface area (Å²) in [7, 11) is 0. The highest BCUT2D eigenvalue weighted by molar-refractivity contribution is 9.09. The van der Waals surface area contributed by atoms with Crippen LogP contribution in [0.1, 0.15) is 23.7 Å². The molecule has 0 fully saturated rings. The van der Waals surface area contributed by atoms with Crippen molar-refractivity contribution < 1.29 is 9.53 Å². The van der Waals surface area contributed by atoms with Gasteiger partial charge in [0.15, 0.2) is 0 Å². The largest absolute Gasteiger partial charge is 0.445 e. The first-order valence-electron chi connectivity index (χ1n) is 8.21. The Bertz CT molecular complexity index is 816. The number of allylic oxidation sites excluding steroid dienone is 1. The van der Waals surface area contributed by atoms with Crippen LogP contribution in [0.15, 0.2) is 36.4 Å². The van der Waals surface area contributed by atoms with Gasteiger partial charge in [0.1, 0.15) is 6.61 Å². The van der Waals surface area contributed by atoms with E-state index in [2.05, 4.69) is 33.1 Å². The highest BCUT2D eigenvalue weighted by atomic mass is 79.9. The molecular formula is C18H18BrCl3N2O2. The van der Waals surface area contributed by atoms with Crippen LogP contribution in [-0.2, 0) is 11.2 Å². The van der Waals surface area contributed by atoms with E-state index in [-0.39, 0.29) is 12.6 Å². The average Bonchev–Trinajstić information content (AvgIpc) is 2.98. The Hall–Kier alpha value is -0.880. The summed E-state index contributed by atoms with van der Waals surface area (Å²) in [6.45, 7) is 0.275. The molecule has 2 heterocycles. The standard InChI is InChI=1S/C18H18BrCl3N2O2/c19-9-4-3-7-15-16-13(12-5-1-2-6-14(12)23-16)8-10-24(15)17(25)26-11-18(20,21)22/h1-6,15,23H,7-11H2/b4-3-. The molecule has 1 aromatic heterocycles. The number of carbonyl (C=O) groups excluding carboxylic acids is 1.